The molecule has 0 atom stereocenters. The number of amides is 2. The fourth-order valence-corrected chi connectivity index (χ4v) is 3.44. The third-order valence-electron chi connectivity index (χ3n) is 4.87. The molecule has 21 heavy (non-hydrogen) atoms. The largest absolute Gasteiger partial charge is 0.343 e. The van der Waals surface area contributed by atoms with Crippen LogP contribution in [0.3, 0.4) is 0 Å². The van der Waals surface area contributed by atoms with Crippen LogP contribution in [0, 0.1) is 5.41 Å². The standard InChI is InChI=1S/C17H30N2O2/c1-17(2,16(21)19-13-4-3-5-14-19)10-8-9-15(20)18-11-6-7-12-18/h3-14H2,1-2H3. The van der Waals surface area contributed by atoms with Gasteiger partial charge in [0, 0.05) is 38.0 Å². The summed E-state index contributed by atoms with van der Waals surface area (Å²) in [6.07, 6.45) is 8.02. The maximum atomic E-state index is 12.6. The molecule has 2 saturated heterocycles. The summed E-state index contributed by atoms with van der Waals surface area (Å²) in [5, 5.41) is 0. The van der Waals surface area contributed by atoms with Crippen molar-refractivity contribution in [2.45, 2.75) is 65.2 Å². The molecule has 0 aliphatic carbocycles. The number of carbonyl (C=O) groups is 2. The molecule has 0 aromatic carbocycles. The van der Waals surface area contributed by atoms with Crippen molar-refractivity contribution in [3.8, 4) is 0 Å². The summed E-state index contributed by atoms with van der Waals surface area (Å²) in [6.45, 7) is 7.74. The van der Waals surface area contributed by atoms with Crippen molar-refractivity contribution >= 4 is 11.8 Å². The first-order valence-electron chi connectivity index (χ1n) is 8.58. The van der Waals surface area contributed by atoms with E-state index in [2.05, 4.69) is 0 Å². The molecule has 0 unspecified atom stereocenters. The molecule has 0 aromatic heterocycles. The van der Waals surface area contributed by atoms with Gasteiger partial charge in [0.2, 0.25) is 11.8 Å². The summed E-state index contributed by atoms with van der Waals surface area (Å²) < 4.78 is 0. The van der Waals surface area contributed by atoms with Crippen LogP contribution in [0.15, 0.2) is 0 Å². The highest BCUT2D eigenvalue weighted by Gasteiger charge is 2.32. The summed E-state index contributed by atoms with van der Waals surface area (Å²) in [7, 11) is 0. The monoisotopic (exact) mass is 294 g/mol. The molecule has 4 nitrogen and oxygen atoms in total. The summed E-state index contributed by atoms with van der Waals surface area (Å²) in [5.74, 6) is 0.546. The van der Waals surface area contributed by atoms with Crippen molar-refractivity contribution in [1.29, 1.82) is 0 Å². The van der Waals surface area contributed by atoms with Crippen LogP contribution < -0.4 is 0 Å². The van der Waals surface area contributed by atoms with Crippen molar-refractivity contribution in [1.82, 2.24) is 9.80 Å². The minimum absolute atomic E-state index is 0.272. The van der Waals surface area contributed by atoms with E-state index in [1.165, 1.54) is 6.42 Å². The van der Waals surface area contributed by atoms with Crippen molar-refractivity contribution in [3.05, 3.63) is 0 Å². The van der Waals surface area contributed by atoms with E-state index in [0.717, 1.165) is 64.7 Å². The number of carbonyl (C=O) groups excluding carboxylic acids is 2. The minimum Gasteiger partial charge on any atom is -0.343 e. The average molecular weight is 294 g/mol. The highest BCUT2D eigenvalue weighted by atomic mass is 16.2. The van der Waals surface area contributed by atoms with Crippen LogP contribution in [0.5, 0.6) is 0 Å². The maximum Gasteiger partial charge on any atom is 0.228 e. The van der Waals surface area contributed by atoms with E-state index in [9.17, 15) is 9.59 Å². The predicted molar refractivity (Wildman–Crippen MR) is 83.9 cm³/mol. The van der Waals surface area contributed by atoms with Gasteiger partial charge >= 0.3 is 0 Å². The van der Waals surface area contributed by atoms with Crippen LogP contribution in [-0.4, -0.2) is 47.8 Å². The highest BCUT2D eigenvalue weighted by molar-refractivity contribution is 5.82. The van der Waals surface area contributed by atoms with E-state index < -0.39 is 0 Å². The fourth-order valence-electron chi connectivity index (χ4n) is 3.44. The number of nitrogens with zero attached hydrogens (tertiary/aromatic N) is 2. The van der Waals surface area contributed by atoms with Crippen molar-refractivity contribution in [2.24, 2.45) is 5.41 Å². The second-order valence-corrected chi connectivity index (χ2v) is 7.18. The van der Waals surface area contributed by atoms with Gasteiger partial charge in [-0.05, 0) is 44.9 Å². The summed E-state index contributed by atoms with van der Waals surface area (Å²) in [4.78, 5) is 28.6. The Hall–Kier alpha value is -1.06. The Bertz CT molecular complexity index is 367. The van der Waals surface area contributed by atoms with Gasteiger partial charge in [-0.25, -0.2) is 0 Å². The summed E-state index contributed by atoms with van der Waals surface area (Å²) in [6, 6.07) is 0. The summed E-state index contributed by atoms with van der Waals surface area (Å²) in [5.41, 5.74) is -0.331. The van der Waals surface area contributed by atoms with Crippen LogP contribution in [0.1, 0.15) is 65.2 Å². The van der Waals surface area contributed by atoms with E-state index in [1.807, 2.05) is 23.6 Å². The van der Waals surface area contributed by atoms with Gasteiger partial charge in [-0.15, -0.1) is 0 Å². The van der Waals surface area contributed by atoms with Gasteiger partial charge in [-0.3, -0.25) is 9.59 Å². The third kappa shape index (κ3) is 4.45. The third-order valence-corrected chi connectivity index (χ3v) is 4.87. The molecule has 120 valence electrons. The number of rotatable bonds is 5. The minimum atomic E-state index is -0.331. The molecule has 0 radical (unpaired) electrons. The number of piperidine rings is 1. The molecule has 0 N–H and O–H groups in total. The zero-order valence-corrected chi connectivity index (χ0v) is 13.7. The Morgan fingerprint density at radius 2 is 1.38 bits per heavy atom. The maximum absolute atomic E-state index is 12.6. The molecule has 2 rings (SSSR count). The summed E-state index contributed by atoms with van der Waals surface area (Å²) >= 11 is 0. The molecule has 0 saturated carbocycles. The van der Waals surface area contributed by atoms with Crippen LogP contribution in [0.2, 0.25) is 0 Å². The first kappa shape index (κ1) is 16.3. The van der Waals surface area contributed by atoms with Gasteiger partial charge in [0.25, 0.3) is 0 Å². The number of hydrogen-bond acceptors (Lipinski definition) is 2. The molecular weight excluding hydrogens is 264 g/mol. The van der Waals surface area contributed by atoms with Crippen LogP contribution >= 0.6 is 0 Å². The lowest BCUT2D eigenvalue weighted by atomic mass is 9.85. The average Bonchev–Trinajstić information content (AvgIpc) is 3.01. The normalized spacial score (nSPS) is 19.9. The molecule has 2 aliphatic rings. The van der Waals surface area contributed by atoms with E-state index >= 15 is 0 Å². The highest BCUT2D eigenvalue weighted by Crippen LogP contribution is 2.28. The Kier molecular flexibility index (Phi) is 5.65. The van der Waals surface area contributed by atoms with Crippen LogP contribution in [-0.2, 0) is 9.59 Å². The molecular formula is C17H30N2O2. The molecule has 2 heterocycles. The predicted octanol–water partition coefficient (Wildman–Crippen LogP) is 2.82. The fraction of sp³-hybridized carbons (Fsp3) is 0.882. The Labute approximate surface area is 128 Å². The molecule has 0 spiro atoms. The van der Waals surface area contributed by atoms with Gasteiger partial charge in [-0.1, -0.05) is 13.8 Å². The van der Waals surface area contributed by atoms with Gasteiger partial charge in [0.05, 0.1) is 0 Å². The second kappa shape index (κ2) is 7.28. The van der Waals surface area contributed by atoms with Gasteiger partial charge in [-0.2, -0.15) is 0 Å². The number of hydrogen-bond donors (Lipinski definition) is 0. The molecule has 2 amide bonds. The zero-order chi connectivity index (χ0) is 15.3. The van der Waals surface area contributed by atoms with Crippen LogP contribution in [0.25, 0.3) is 0 Å². The zero-order valence-electron chi connectivity index (χ0n) is 13.7. The molecule has 4 heteroatoms. The van der Waals surface area contributed by atoms with Gasteiger partial charge < -0.3 is 9.80 Å². The lowest BCUT2D eigenvalue weighted by Gasteiger charge is -2.34. The smallest absolute Gasteiger partial charge is 0.228 e. The van der Waals surface area contributed by atoms with E-state index in [-0.39, 0.29) is 17.2 Å². The molecule has 2 fully saturated rings. The first-order valence-corrected chi connectivity index (χ1v) is 8.58. The molecule has 0 aromatic rings. The van der Waals surface area contributed by atoms with Crippen molar-refractivity contribution < 1.29 is 9.59 Å². The quantitative estimate of drug-likeness (QED) is 0.782. The Morgan fingerprint density at radius 3 is 2.00 bits per heavy atom. The SMILES string of the molecule is CC(C)(CCCC(=O)N1CCCC1)C(=O)N1CCCCC1. The van der Waals surface area contributed by atoms with Crippen LogP contribution in [0.4, 0.5) is 0 Å². The van der Waals surface area contributed by atoms with Crippen molar-refractivity contribution in [2.75, 3.05) is 26.2 Å². The Morgan fingerprint density at radius 1 is 0.857 bits per heavy atom. The van der Waals surface area contributed by atoms with Crippen molar-refractivity contribution in [3.63, 3.8) is 0 Å². The molecule has 2 aliphatic heterocycles. The van der Waals surface area contributed by atoms with Gasteiger partial charge in [0.1, 0.15) is 0 Å². The van der Waals surface area contributed by atoms with Gasteiger partial charge in [0.15, 0.2) is 0 Å². The number of likely N-dealkylation sites (tertiary alicyclic amines) is 2. The van der Waals surface area contributed by atoms with E-state index in [1.54, 1.807) is 0 Å². The molecule has 0 bridgehead atoms. The topological polar surface area (TPSA) is 40.6 Å². The second-order valence-electron chi connectivity index (χ2n) is 7.18. The Balaban J connectivity index is 1.74. The lowest BCUT2D eigenvalue weighted by Crippen LogP contribution is -2.43. The van der Waals surface area contributed by atoms with E-state index in [4.69, 9.17) is 0 Å². The first-order chi connectivity index (χ1) is 10.0. The lowest BCUT2D eigenvalue weighted by molar-refractivity contribution is -0.142. The van der Waals surface area contributed by atoms with E-state index in [0.29, 0.717) is 6.42 Å².